The molecule has 2 aromatic heterocycles. The van der Waals surface area contributed by atoms with Gasteiger partial charge in [-0.05, 0) is 31.2 Å². The molecule has 7 heteroatoms. The zero-order valence-corrected chi connectivity index (χ0v) is 13.0. The fourth-order valence-electron chi connectivity index (χ4n) is 1.91. The summed E-state index contributed by atoms with van der Waals surface area (Å²) in [6.07, 6.45) is 1.41. The van der Waals surface area contributed by atoms with Crippen LogP contribution in [0.5, 0.6) is 0 Å². The second-order valence-electron chi connectivity index (χ2n) is 4.93. The summed E-state index contributed by atoms with van der Waals surface area (Å²) >= 11 is 5.68. The number of aromatic nitrogens is 3. The molecule has 0 radical (unpaired) electrons. The number of nitrogens with one attached hydrogen (secondary N) is 1. The van der Waals surface area contributed by atoms with Gasteiger partial charge in [0.15, 0.2) is 5.82 Å². The lowest BCUT2D eigenvalue weighted by Crippen LogP contribution is -2.23. The summed E-state index contributed by atoms with van der Waals surface area (Å²) in [5, 5.41) is 6.89. The van der Waals surface area contributed by atoms with Crippen molar-refractivity contribution in [3.63, 3.8) is 0 Å². The van der Waals surface area contributed by atoms with Gasteiger partial charge in [0, 0.05) is 11.8 Å². The van der Waals surface area contributed by atoms with Gasteiger partial charge in [0.25, 0.3) is 11.8 Å². The van der Waals surface area contributed by atoms with E-state index in [1.807, 2.05) is 31.2 Å². The van der Waals surface area contributed by atoms with Gasteiger partial charge in [0.1, 0.15) is 5.15 Å². The maximum Gasteiger partial charge on any atom is 0.257 e. The highest BCUT2D eigenvalue weighted by Crippen LogP contribution is 2.17. The van der Waals surface area contributed by atoms with Crippen LogP contribution in [0.15, 0.2) is 47.1 Å². The van der Waals surface area contributed by atoms with Crippen LogP contribution in [0.3, 0.4) is 0 Å². The summed E-state index contributed by atoms with van der Waals surface area (Å²) in [5.41, 5.74) is 2.40. The van der Waals surface area contributed by atoms with Gasteiger partial charge < -0.3 is 9.84 Å². The van der Waals surface area contributed by atoms with Gasteiger partial charge in [-0.1, -0.05) is 34.5 Å². The van der Waals surface area contributed by atoms with E-state index in [2.05, 4.69) is 20.4 Å². The smallest absolute Gasteiger partial charge is 0.257 e. The lowest BCUT2D eigenvalue weighted by Gasteiger charge is -2.01. The molecule has 0 aliphatic heterocycles. The highest BCUT2D eigenvalue weighted by molar-refractivity contribution is 6.29. The molecular formula is C16H13ClN4O2. The monoisotopic (exact) mass is 328 g/mol. The third-order valence-electron chi connectivity index (χ3n) is 3.16. The minimum Gasteiger partial charge on any atom is -0.345 e. The Hall–Kier alpha value is -2.73. The topological polar surface area (TPSA) is 80.9 Å². The van der Waals surface area contributed by atoms with Crippen molar-refractivity contribution < 1.29 is 9.32 Å². The molecule has 116 valence electrons. The number of carbonyl (C=O) groups is 1. The number of carbonyl (C=O) groups excluding carboxylic acids is 1. The van der Waals surface area contributed by atoms with Crippen LogP contribution in [0.25, 0.3) is 11.5 Å². The lowest BCUT2D eigenvalue weighted by molar-refractivity contribution is 0.0949. The number of pyridine rings is 1. The Morgan fingerprint density at radius 2 is 2.00 bits per heavy atom. The van der Waals surface area contributed by atoms with E-state index in [-0.39, 0.29) is 12.5 Å². The fraction of sp³-hybridized carbons (Fsp3) is 0.125. The normalized spacial score (nSPS) is 10.5. The van der Waals surface area contributed by atoms with Crippen LogP contribution in [-0.4, -0.2) is 21.0 Å². The second-order valence-corrected chi connectivity index (χ2v) is 5.32. The van der Waals surface area contributed by atoms with Crippen molar-refractivity contribution in [3.05, 3.63) is 64.7 Å². The minimum absolute atomic E-state index is 0.164. The van der Waals surface area contributed by atoms with E-state index in [4.69, 9.17) is 16.1 Å². The SMILES string of the molecule is Cc1ccc(-c2nc(CNC(=O)c3ccc(Cl)nc3)no2)cc1. The number of benzene rings is 1. The van der Waals surface area contributed by atoms with E-state index in [0.717, 1.165) is 11.1 Å². The van der Waals surface area contributed by atoms with E-state index in [9.17, 15) is 4.79 Å². The average Bonchev–Trinajstić information content (AvgIpc) is 3.03. The Morgan fingerprint density at radius 3 is 2.70 bits per heavy atom. The van der Waals surface area contributed by atoms with Crippen LogP contribution >= 0.6 is 11.6 Å². The van der Waals surface area contributed by atoms with Gasteiger partial charge in [-0.2, -0.15) is 4.98 Å². The Balaban J connectivity index is 1.64. The number of rotatable bonds is 4. The summed E-state index contributed by atoms with van der Waals surface area (Å²) in [7, 11) is 0. The molecule has 0 saturated carbocycles. The predicted octanol–water partition coefficient (Wildman–Crippen LogP) is 3.02. The van der Waals surface area contributed by atoms with Gasteiger partial charge in [-0.15, -0.1) is 0 Å². The summed E-state index contributed by atoms with van der Waals surface area (Å²) in [4.78, 5) is 20.1. The second kappa shape index (κ2) is 6.58. The van der Waals surface area contributed by atoms with Crippen LogP contribution in [0.2, 0.25) is 5.15 Å². The largest absolute Gasteiger partial charge is 0.345 e. The first kappa shape index (κ1) is 15.2. The molecule has 6 nitrogen and oxygen atoms in total. The molecule has 1 amide bonds. The van der Waals surface area contributed by atoms with Crippen LogP contribution in [0.1, 0.15) is 21.7 Å². The predicted molar refractivity (Wildman–Crippen MR) is 84.9 cm³/mol. The Labute approximate surface area is 137 Å². The quantitative estimate of drug-likeness (QED) is 0.744. The zero-order chi connectivity index (χ0) is 16.2. The van der Waals surface area contributed by atoms with Crippen molar-refractivity contribution in [2.45, 2.75) is 13.5 Å². The molecule has 3 aromatic rings. The molecule has 0 aliphatic rings. The highest BCUT2D eigenvalue weighted by Gasteiger charge is 2.11. The highest BCUT2D eigenvalue weighted by atomic mass is 35.5. The summed E-state index contributed by atoms with van der Waals surface area (Å²) in [6.45, 7) is 2.17. The number of amides is 1. The number of hydrogen-bond acceptors (Lipinski definition) is 5. The van der Waals surface area contributed by atoms with E-state index in [1.54, 1.807) is 12.1 Å². The fourth-order valence-corrected chi connectivity index (χ4v) is 2.02. The van der Waals surface area contributed by atoms with Crippen LogP contribution in [0, 0.1) is 6.92 Å². The first-order chi connectivity index (χ1) is 11.1. The lowest BCUT2D eigenvalue weighted by atomic mass is 10.1. The molecule has 1 N–H and O–H groups in total. The minimum atomic E-state index is -0.282. The molecule has 0 saturated heterocycles. The Morgan fingerprint density at radius 1 is 1.22 bits per heavy atom. The molecular weight excluding hydrogens is 316 g/mol. The molecule has 1 aromatic carbocycles. The van der Waals surface area contributed by atoms with Crippen molar-refractivity contribution in [1.82, 2.24) is 20.4 Å². The number of nitrogens with zero attached hydrogens (tertiary/aromatic N) is 3. The summed E-state index contributed by atoms with van der Waals surface area (Å²) < 4.78 is 5.20. The van der Waals surface area contributed by atoms with Gasteiger partial charge in [0.2, 0.25) is 0 Å². The standard InChI is InChI=1S/C16H13ClN4O2/c1-10-2-4-11(5-3-10)16-20-14(21-23-16)9-19-15(22)12-6-7-13(17)18-8-12/h2-8H,9H2,1H3,(H,19,22). The number of halogens is 1. The van der Waals surface area contributed by atoms with Crippen LogP contribution in [0.4, 0.5) is 0 Å². The van der Waals surface area contributed by atoms with E-state index in [1.165, 1.54) is 6.20 Å². The van der Waals surface area contributed by atoms with E-state index >= 15 is 0 Å². The van der Waals surface area contributed by atoms with Crippen molar-refractivity contribution in [1.29, 1.82) is 0 Å². The summed E-state index contributed by atoms with van der Waals surface area (Å²) in [6, 6.07) is 10.9. The van der Waals surface area contributed by atoms with Crippen molar-refractivity contribution in [3.8, 4) is 11.5 Å². The molecule has 0 atom stereocenters. The van der Waals surface area contributed by atoms with Crippen molar-refractivity contribution in [2.24, 2.45) is 0 Å². The maximum absolute atomic E-state index is 12.0. The van der Waals surface area contributed by atoms with E-state index < -0.39 is 0 Å². The van der Waals surface area contributed by atoms with Crippen LogP contribution < -0.4 is 5.32 Å². The molecule has 0 unspecified atom stereocenters. The van der Waals surface area contributed by atoms with E-state index in [0.29, 0.717) is 22.4 Å². The Kier molecular flexibility index (Phi) is 4.34. The molecule has 0 fully saturated rings. The summed E-state index contributed by atoms with van der Waals surface area (Å²) in [5.74, 6) is 0.536. The molecule has 0 bridgehead atoms. The number of hydrogen-bond donors (Lipinski definition) is 1. The van der Waals surface area contributed by atoms with Crippen LogP contribution in [-0.2, 0) is 6.54 Å². The molecule has 0 spiro atoms. The maximum atomic E-state index is 12.0. The Bertz CT molecular complexity index is 813. The molecule has 2 heterocycles. The average molecular weight is 329 g/mol. The molecule has 0 aliphatic carbocycles. The van der Waals surface area contributed by atoms with Gasteiger partial charge in [-0.25, -0.2) is 4.98 Å². The van der Waals surface area contributed by atoms with Gasteiger partial charge in [0.05, 0.1) is 12.1 Å². The third kappa shape index (κ3) is 3.73. The first-order valence-electron chi connectivity index (χ1n) is 6.91. The van der Waals surface area contributed by atoms with Gasteiger partial charge >= 0.3 is 0 Å². The first-order valence-corrected chi connectivity index (χ1v) is 7.29. The third-order valence-corrected chi connectivity index (χ3v) is 3.39. The van der Waals surface area contributed by atoms with Crippen molar-refractivity contribution in [2.75, 3.05) is 0 Å². The molecule has 23 heavy (non-hydrogen) atoms. The number of aryl methyl sites for hydroxylation is 1. The molecule has 3 rings (SSSR count). The van der Waals surface area contributed by atoms with Gasteiger partial charge in [-0.3, -0.25) is 4.79 Å². The zero-order valence-electron chi connectivity index (χ0n) is 12.3. The van der Waals surface area contributed by atoms with Crippen molar-refractivity contribution >= 4 is 17.5 Å².